The molecule has 1 saturated heterocycles. The van der Waals surface area contributed by atoms with E-state index in [1.807, 2.05) is 27.7 Å². The van der Waals surface area contributed by atoms with Crippen LogP contribution in [0, 0.1) is 11.8 Å². The van der Waals surface area contributed by atoms with Crippen LogP contribution in [0.2, 0.25) is 0 Å². The van der Waals surface area contributed by atoms with Crippen LogP contribution in [0.1, 0.15) is 34.6 Å². The van der Waals surface area contributed by atoms with Gasteiger partial charge in [-0.3, -0.25) is 4.79 Å². The zero-order valence-electron chi connectivity index (χ0n) is 10.7. The van der Waals surface area contributed by atoms with Gasteiger partial charge in [-0.05, 0) is 33.6 Å². The van der Waals surface area contributed by atoms with Crippen LogP contribution in [0.4, 0.5) is 4.79 Å². The highest BCUT2D eigenvalue weighted by atomic mass is 16.6. The molecule has 0 N–H and O–H groups in total. The second-order valence-corrected chi connectivity index (χ2v) is 5.58. The predicted molar refractivity (Wildman–Crippen MR) is 61.1 cm³/mol. The van der Waals surface area contributed by atoms with Crippen LogP contribution >= 0.6 is 0 Å². The number of nitrogens with zero attached hydrogens (tertiary/aromatic N) is 1. The molecule has 92 valence electrons. The summed E-state index contributed by atoms with van der Waals surface area (Å²) in [6.45, 7) is 10.2. The second kappa shape index (κ2) is 4.44. The largest absolute Gasteiger partial charge is 0.444 e. The van der Waals surface area contributed by atoms with E-state index in [9.17, 15) is 9.59 Å². The van der Waals surface area contributed by atoms with Crippen molar-refractivity contribution in [2.45, 2.75) is 40.2 Å². The molecule has 0 aromatic rings. The van der Waals surface area contributed by atoms with Crippen molar-refractivity contribution in [3.05, 3.63) is 0 Å². The molecule has 0 spiro atoms. The van der Waals surface area contributed by atoms with Crippen molar-refractivity contribution in [1.82, 2.24) is 4.90 Å². The summed E-state index contributed by atoms with van der Waals surface area (Å²) in [7, 11) is 0. The first-order valence-electron chi connectivity index (χ1n) is 5.69. The number of Topliss-reactive ketones (excluding diaryl/α,β-unsaturated/α-hetero) is 1. The van der Waals surface area contributed by atoms with Crippen LogP contribution in [0.5, 0.6) is 0 Å². The first-order valence-corrected chi connectivity index (χ1v) is 5.69. The molecule has 1 rings (SSSR count). The number of carbonyl (C=O) groups is 2. The van der Waals surface area contributed by atoms with E-state index in [1.54, 1.807) is 11.8 Å². The third-order valence-electron chi connectivity index (χ3n) is 2.79. The van der Waals surface area contributed by atoms with Gasteiger partial charge in [0.15, 0.2) is 0 Å². The zero-order valence-corrected chi connectivity index (χ0v) is 10.7. The molecule has 1 aliphatic heterocycles. The van der Waals surface area contributed by atoms with Gasteiger partial charge in [0.05, 0.1) is 0 Å². The fourth-order valence-electron chi connectivity index (χ4n) is 1.97. The minimum absolute atomic E-state index is 0.0347. The molecule has 1 aliphatic rings. The van der Waals surface area contributed by atoms with Crippen LogP contribution in [0.3, 0.4) is 0 Å². The number of ether oxygens (including phenoxy) is 1. The average molecular weight is 227 g/mol. The molecule has 1 amide bonds. The van der Waals surface area contributed by atoms with Gasteiger partial charge in [0, 0.05) is 19.0 Å². The lowest BCUT2D eigenvalue weighted by molar-refractivity contribution is -0.121. The maximum Gasteiger partial charge on any atom is 0.410 e. The number of ketones is 1. The first kappa shape index (κ1) is 13.0. The third kappa shape index (κ3) is 3.22. The van der Waals surface area contributed by atoms with Crippen molar-refractivity contribution in [2.75, 3.05) is 13.1 Å². The van der Waals surface area contributed by atoms with Crippen molar-refractivity contribution in [3.63, 3.8) is 0 Å². The van der Waals surface area contributed by atoms with Crippen LogP contribution in [0.15, 0.2) is 0 Å². The van der Waals surface area contributed by atoms with Gasteiger partial charge in [-0.25, -0.2) is 4.79 Å². The van der Waals surface area contributed by atoms with Gasteiger partial charge in [0.25, 0.3) is 0 Å². The molecule has 4 nitrogen and oxygen atoms in total. The fraction of sp³-hybridized carbons (Fsp3) is 0.833. The van der Waals surface area contributed by atoms with Gasteiger partial charge in [0.2, 0.25) is 0 Å². The Balaban J connectivity index is 2.58. The van der Waals surface area contributed by atoms with E-state index in [0.717, 1.165) is 0 Å². The summed E-state index contributed by atoms with van der Waals surface area (Å²) >= 11 is 0. The summed E-state index contributed by atoms with van der Waals surface area (Å²) in [5, 5.41) is 0. The first-order chi connectivity index (χ1) is 7.20. The number of hydrogen-bond donors (Lipinski definition) is 0. The van der Waals surface area contributed by atoms with Crippen LogP contribution in [-0.2, 0) is 9.53 Å². The minimum Gasteiger partial charge on any atom is -0.444 e. The van der Waals surface area contributed by atoms with E-state index in [0.29, 0.717) is 13.1 Å². The Bertz CT molecular complexity index is 293. The van der Waals surface area contributed by atoms with Crippen molar-refractivity contribution in [3.8, 4) is 0 Å². The van der Waals surface area contributed by atoms with Crippen molar-refractivity contribution >= 4 is 11.9 Å². The highest BCUT2D eigenvalue weighted by Gasteiger charge is 2.36. The number of rotatable bonds is 1. The van der Waals surface area contributed by atoms with E-state index < -0.39 is 5.60 Å². The van der Waals surface area contributed by atoms with E-state index in [2.05, 4.69) is 0 Å². The summed E-state index contributed by atoms with van der Waals surface area (Å²) in [5.74, 6) is 0.344. The maximum absolute atomic E-state index is 11.8. The molecule has 0 saturated carbocycles. The summed E-state index contributed by atoms with van der Waals surface area (Å²) in [6, 6.07) is 0. The number of carbonyl (C=O) groups excluding carboxylic acids is 2. The maximum atomic E-state index is 11.8. The zero-order chi connectivity index (χ0) is 12.5. The molecule has 1 fully saturated rings. The molecule has 0 aromatic carbocycles. The lowest BCUT2D eigenvalue weighted by Gasteiger charge is -2.24. The van der Waals surface area contributed by atoms with E-state index >= 15 is 0 Å². The lowest BCUT2D eigenvalue weighted by Crippen LogP contribution is -2.35. The molecule has 0 unspecified atom stereocenters. The van der Waals surface area contributed by atoms with Crippen molar-refractivity contribution in [2.24, 2.45) is 11.8 Å². The molecule has 0 aliphatic carbocycles. The molecule has 4 heteroatoms. The van der Waals surface area contributed by atoms with Gasteiger partial charge in [-0.2, -0.15) is 0 Å². The summed E-state index contributed by atoms with van der Waals surface area (Å²) in [6.07, 6.45) is -0.317. The van der Waals surface area contributed by atoms with Crippen molar-refractivity contribution in [1.29, 1.82) is 0 Å². The van der Waals surface area contributed by atoms with Crippen molar-refractivity contribution < 1.29 is 14.3 Å². The normalized spacial score (nSPS) is 25.7. The SMILES string of the molecule is CC(=O)[C@@H]1CN(C(=O)OC(C)(C)C)C[C@H]1C. The minimum atomic E-state index is -0.478. The third-order valence-corrected chi connectivity index (χ3v) is 2.79. The smallest absolute Gasteiger partial charge is 0.410 e. The monoisotopic (exact) mass is 227 g/mol. The Labute approximate surface area is 96.9 Å². The van der Waals surface area contributed by atoms with Gasteiger partial charge >= 0.3 is 6.09 Å². The Morgan fingerprint density at radius 1 is 1.25 bits per heavy atom. The second-order valence-electron chi connectivity index (χ2n) is 5.58. The predicted octanol–water partition coefficient (Wildman–Crippen LogP) is 2.08. The molecule has 0 aromatic heterocycles. The Hall–Kier alpha value is -1.06. The van der Waals surface area contributed by atoms with Crippen LogP contribution in [0.25, 0.3) is 0 Å². The molecule has 2 atom stereocenters. The van der Waals surface area contributed by atoms with Gasteiger partial charge in [-0.15, -0.1) is 0 Å². The highest BCUT2D eigenvalue weighted by Crippen LogP contribution is 2.25. The Morgan fingerprint density at radius 2 is 1.81 bits per heavy atom. The van der Waals surface area contributed by atoms with E-state index in [1.165, 1.54) is 0 Å². The van der Waals surface area contributed by atoms with Gasteiger partial charge in [0.1, 0.15) is 11.4 Å². The summed E-state index contributed by atoms with van der Waals surface area (Å²) in [5.41, 5.74) is -0.478. The lowest BCUT2D eigenvalue weighted by atomic mass is 9.95. The van der Waals surface area contributed by atoms with Crippen LogP contribution < -0.4 is 0 Å². The number of amides is 1. The molecule has 1 heterocycles. The molecule has 0 bridgehead atoms. The average Bonchev–Trinajstić information content (AvgIpc) is 2.44. The van der Waals surface area contributed by atoms with E-state index in [4.69, 9.17) is 4.74 Å². The molecular weight excluding hydrogens is 206 g/mol. The number of hydrogen-bond acceptors (Lipinski definition) is 3. The summed E-state index contributed by atoms with van der Waals surface area (Å²) in [4.78, 5) is 24.7. The van der Waals surface area contributed by atoms with Crippen LogP contribution in [-0.4, -0.2) is 35.5 Å². The van der Waals surface area contributed by atoms with E-state index in [-0.39, 0.29) is 23.7 Å². The number of likely N-dealkylation sites (tertiary alicyclic amines) is 1. The Morgan fingerprint density at radius 3 is 2.19 bits per heavy atom. The Kier molecular flexibility index (Phi) is 3.61. The molecule has 0 radical (unpaired) electrons. The quantitative estimate of drug-likeness (QED) is 0.689. The van der Waals surface area contributed by atoms with Gasteiger partial charge < -0.3 is 9.64 Å². The molecular formula is C12H21NO3. The topological polar surface area (TPSA) is 46.6 Å². The standard InChI is InChI=1S/C12H21NO3/c1-8-6-13(7-10(8)9(2)14)11(15)16-12(3,4)5/h8,10H,6-7H2,1-5H3/t8-,10-/m1/s1. The van der Waals surface area contributed by atoms with Gasteiger partial charge in [-0.1, -0.05) is 6.92 Å². The highest BCUT2D eigenvalue weighted by molar-refractivity contribution is 5.80. The fourth-order valence-corrected chi connectivity index (χ4v) is 1.97. The summed E-state index contributed by atoms with van der Waals surface area (Å²) < 4.78 is 5.27. The molecule has 16 heavy (non-hydrogen) atoms.